The van der Waals surface area contributed by atoms with Crippen molar-refractivity contribution in [2.24, 2.45) is 0 Å². The van der Waals surface area contributed by atoms with Crippen LogP contribution in [0, 0.1) is 5.82 Å². The molecule has 1 aliphatic rings. The first-order valence-electron chi connectivity index (χ1n) is 5.30. The summed E-state index contributed by atoms with van der Waals surface area (Å²) in [7, 11) is 1.88. The lowest BCUT2D eigenvalue weighted by Crippen LogP contribution is -2.37. The van der Waals surface area contributed by atoms with Crippen molar-refractivity contribution in [3.8, 4) is 0 Å². The van der Waals surface area contributed by atoms with Gasteiger partial charge in [0, 0.05) is 37.0 Å². The number of halogens is 2. The maximum atomic E-state index is 13.7. The normalized spacial score (nSPS) is 17.4. The number of hydrogen-bond acceptors (Lipinski definition) is 3. The fourth-order valence-electron chi connectivity index (χ4n) is 1.91. The van der Waals surface area contributed by atoms with Crippen molar-refractivity contribution in [3.05, 3.63) is 22.6 Å². The Balaban J connectivity index is 2.15. The maximum absolute atomic E-state index is 13.7. The Morgan fingerprint density at radius 1 is 1.50 bits per heavy atom. The smallest absolute Gasteiger partial charge is 0.166 e. The van der Waals surface area contributed by atoms with Crippen molar-refractivity contribution in [2.75, 3.05) is 25.2 Å². The van der Waals surface area contributed by atoms with E-state index in [9.17, 15) is 4.39 Å². The van der Waals surface area contributed by atoms with Crippen LogP contribution in [0.5, 0.6) is 0 Å². The third-order valence-corrected chi connectivity index (χ3v) is 3.29. The summed E-state index contributed by atoms with van der Waals surface area (Å²) in [6.45, 7) is 1.49. The molecule has 0 amide bonds. The molecule has 2 heterocycles. The second-order valence-corrected chi connectivity index (χ2v) is 4.83. The van der Waals surface area contributed by atoms with Gasteiger partial charge in [0.2, 0.25) is 0 Å². The van der Waals surface area contributed by atoms with Crippen molar-refractivity contribution in [1.29, 1.82) is 0 Å². The predicted molar refractivity (Wildman–Crippen MR) is 64.1 cm³/mol. The Kier molecular flexibility index (Phi) is 3.76. The van der Waals surface area contributed by atoms with E-state index in [1.165, 1.54) is 6.07 Å². The van der Waals surface area contributed by atoms with E-state index in [4.69, 9.17) is 4.74 Å². The molecule has 0 aromatic carbocycles. The van der Waals surface area contributed by atoms with E-state index in [1.807, 2.05) is 11.9 Å². The number of ether oxygens (including phenoxy) is 1. The molecular formula is C11H14BrFN2O. The molecule has 1 aromatic heterocycles. The van der Waals surface area contributed by atoms with Gasteiger partial charge in [-0.1, -0.05) is 0 Å². The Morgan fingerprint density at radius 2 is 2.19 bits per heavy atom. The zero-order valence-corrected chi connectivity index (χ0v) is 10.7. The molecule has 1 aromatic rings. The van der Waals surface area contributed by atoms with Gasteiger partial charge in [-0.15, -0.1) is 0 Å². The predicted octanol–water partition coefficient (Wildman–Crippen LogP) is 2.60. The molecule has 2 rings (SSSR count). The lowest BCUT2D eigenvalue weighted by Gasteiger charge is -2.32. The average Bonchev–Trinajstić information content (AvgIpc) is 2.29. The summed E-state index contributed by atoms with van der Waals surface area (Å²) in [5.41, 5.74) is 0. The molecule has 1 saturated heterocycles. The van der Waals surface area contributed by atoms with Gasteiger partial charge in [0.05, 0.1) is 0 Å². The summed E-state index contributed by atoms with van der Waals surface area (Å²) in [4.78, 5) is 6.02. The van der Waals surface area contributed by atoms with Crippen LogP contribution in [0.1, 0.15) is 12.8 Å². The molecule has 0 saturated carbocycles. The molecule has 0 N–H and O–H groups in total. The number of pyridine rings is 1. The van der Waals surface area contributed by atoms with Gasteiger partial charge in [-0.25, -0.2) is 9.37 Å². The van der Waals surface area contributed by atoms with E-state index >= 15 is 0 Å². The molecule has 0 bridgehead atoms. The maximum Gasteiger partial charge on any atom is 0.166 e. The van der Waals surface area contributed by atoms with Crippen LogP contribution in [0.25, 0.3) is 0 Å². The molecule has 0 atom stereocenters. The van der Waals surface area contributed by atoms with Crippen molar-refractivity contribution in [1.82, 2.24) is 4.98 Å². The van der Waals surface area contributed by atoms with E-state index in [0.717, 1.165) is 26.1 Å². The van der Waals surface area contributed by atoms with Crippen LogP contribution >= 0.6 is 15.9 Å². The molecule has 1 fully saturated rings. The minimum absolute atomic E-state index is 0.289. The summed E-state index contributed by atoms with van der Waals surface area (Å²) in [5, 5.41) is 0. The third kappa shape index (κ3) is 2.52. The molecule has 3 nitrogen and oxygen atoms in total. The number of hydrogen-bond donors (Lipinski definition) is 0. The van der Waals surface area contributed by atoms with Gasteiger partial charge in [-0.05, 0) is 34.8 Å². The van der Waals surface area contributed by atoms with Crippen LogP contribution < -0.4 is 4.90 Å². The summed E-state index contributed by atoms with van der Waals surface area (Å²) in [6.07, 6.45) is 3.47. The third-order valence-electron chi connectivity index (χ3n) is 2.86. The van der Waals surface area contributed by atoms with Gasteiger partial charge in [0.15, 0.2) is 11.6 Å². The van der Waals surface area contributed by atoms with E-state index in [-0.39, 0.29) is 5.82 Å². The summed E-state index contributed by atoms with van der Waals surface area (Å²) >= 11 is 3.20. The van der Waals surface area contributed by atoms with Gasteiger partial charge >= 0.3 is 0 Å². The lowest BCUT2D eigenvalue weighted by molar-refractivity contribution is 0.0852. The quantitative estimate of drug-likeness (QED) is 0.837. The largest absolute Gasteiger partial charge is 0.381 e. The van der Waals surface area contributed by atoms with Crippen molar-refractivity contribution >= 4 is 21.7 Å². The standard InChI is InChI=1S/C11H14BrFN2O/c1-15(9-2-4-16-5-3-9)11-10(13)6-8(12)7-14-11/h6-7,9H,2-5H2,1H3. The Morgan fingerprint density at radius 3 is 2.81 bits per heavy atom. The van der Waals surface area contributed by atoms with Crippen LogP contribution in [-0.4, -0.2) is 31.3 Å². The molecule has 16 heavy (non-hydrogen) atoms. The van der Waals surface area contributed by atoms with Crippen LogP contribution in [-0.2, 0) is 4.74 Å². The highest BCUT2D eigenvalue weighted by Crippen LogP contribution is 2.23. The van der Waals surface area contributed by atoms with Gasteiger partial charge in [0.25, 0.3) is 0 Å². The highest BCUT2D eigenvalue weighted by molar-refractivity contribution is 9.10. The molecular weight excluding hydrogens is 275 g/mol. The van der Waals surface area contributed by atoms with Gasteiger partial charge in [-0.2, -0.15) is 0 Å². The van der Waals surface area contributed by atoms with Crippen molar-refractivity contribution < 1.29 is 9.13 Å². The number of rotatable bonds is 2. The summed E-state index contributed by atoms with van der Waals surface area (Å²) in [5.74, 6) is 0.124. The molecule has 0 radical (unpaired) electrons. The number of anilines is 1. The highest BCUT2D eigenvalue weighted by Gasteiger charge is 2.21. The second-order valence-electron chi connectivity index (χ2n) is 3.91. The van der Waals surface area contributed by atoms with Crippen LogP contribution in [0.2, 0.25) is 0 Å². The zero-order valence-electron chi connectivity index (χ0n) is 9.12. The monoisotopic (exact) mass is 288 g/mol. The number of nitrogens with zero attached hydrogens (tertiary/aromatic N) is 2. The molecule has 0 unspecified atom stereocenters. The van der Waals surface area contributed by atoms with Gasteiger partial charge < -0.3 is 9.64 Å². The molecule has 0 spiro atoms. The Labute approximate surface area is 103 Å². The molecule has 5 heteroatoms. The zero-order chi connectivity index (χ0) is 11.5. The van der Waals surface area contributed by atoms with Crippen molar-refractivity contribution in [2.45, 2.75) is 18.9 Å². The molecule has 0 aliphatic carbocycles. The van der Waals surface area contributed by atoms with E-state index in [2.05, 4.69) is 20.9 Å². The van der Waals surface area contributed by atoms with Crippen LogP contribution in [0.4, 0.5) is 10.2 Å². The van der Waals surface area contributed by atoms with Gasteiger partial charge in [-0.3, -0.25) is 0 Å². The Bertz CT molecular complexity index is 369. The lowest BCUT2D eigenvalue weighted by atomic mass is 10.1. The first-order chi connectivity index (χ1) is 7.68. The second kappa shape index (κ2) is 5.10. The molecule has 88 valence electrons. The minimum Gasteiger partial charge on any atom is -0.381 e. The van der Waals surface area contributed by atoms with Gasteiger partial charge in [0.1, 0.15) is 0 Å². The van der Waals surface area contributed by atoms with E-state index in [0.29, 0.717) is 16.3 Å². The average molecular weight is 289 g/mol. The topological polar surface area (TPSA) is 25.4 Å². The Hall–Kier alpha value is -0.680. The van der Waals surface area contributed by atoms with Crippen molar-refractivity contribution in [3.63, 3.8) is 0 Å². The molecule has 1 aliphatic heterocycles. The first-order valence-corrected chi connectivity index (χ1v) is 6.09. The summed E-state index contributed by atoms with van der Waals surface area (Å²) < 4.78 is 19.6. The van der Waals surface area contributed by atoms with E-state index in [1.54, 1.807) is 6.20 Å². The van der Waals surface area contributed by atoms with E-state index < -0.39 is 0 Å². The summed E-state index contributed by atoms with van der Waals surface area (Å²) in [6, 6.07) is 1.76. The van der Waals surface area contributed by atoms with Crippen LogP contribution in [0.15, 0.2) is 16.7 Å². The number of aromatic nitrogens is 1. The fraction of sp³-hybridized carbons (Fsp3) is 0.545. The minimum atomic E-state index is -0.289. The van der Waals surface area contributed by atoms with Crippen LogP contribution in [0.3, 0.4) is 0 Å². The first kappa shape index (κ1) is 11.8. The fourth-order valence-corrected chi connectivity index (χ4v) is 2.22. The highest BCUT2D eigenvalue weighted by atomic mass is 79.9. The SMILES string of the molecule is CN(c1ncc(Br)cc1F)C1CCOCC1.